The highest BCUT2D eigenvalue weighted by molar-refractivity contribution is 8.18. The van der Waals surface area contributed by atoms with Crippen LogP contribution in [0.15, 0.2) is 41.3 Å². The van der Waals surface area contributed by atoms with Gasteiger partial charge in [-0.05, 0) is 73.5 Å². The molecule has 1 N–H and O–H groups in total. The van der Waals surface area contributed by atoms with E-state index in [4.69, 9.17) is 4.74 Å². The first-order chi connectivity index (χ1) is 15.7. The molecule has 3 amide bonds. The second-order valence-electron chi connectivity index (χ2n) is 7.08. The molecule has 10 heteroatoms. The fraction of sp³-hybridized carbons (Fsp3) is 0.261. The van der Waals surface area contributed by atoms with Crippen LogP contribution in [-0.4, -0.2) is 41.7 Å². The Labute approximate surface area is 193 Å². The van der Waals surface area contributed by atoms with E-state index in [9.17, 15) is 23.2 Å². The van der Waals surface area contributed by atoms with Crippen LogP contribution in [0.1, 0.15) is 23.6 Å². The minimum atomic E-state index is -3.01. The van der Waals surface area contributed by atoms with Crippen molar-refractivity contribution in [2.45, 2.75) is 27.4 Å². The quantitative estimate of drug-likeness (QED) is 0.541. The molecule has 0 radical (unpaired) electrons. The number of carbonyl (C=O) groups is 3. The highest BCUT2D eigenvalue weighted by atomic mass is 32.2. The van der Waals surface area contributed by atoms with Crippen molar-refractivity contribution in [1.29, 1.82) is 0 Å². The molecule has 1 saturated heterocycles. The Hall–Kier alpha value is -3.40. The minimum Gasteiger partial charge on any atom is -0.490 e. The Morgan fingerprint density at radius 2 is 1.94 bits per heavy atom. The molecule has 0 spiro atoms. The monoisotopic (exact) mass is 476 g/mol. The van der Waals surface area contributed by atoms with E-state index in [1.54, 1.807) is 19.1 Å². The number of benzene rings is 2. The number of hydrogen-bond acceptors (Lipinski definition) is 6. The summed E-state index contributed by atoms with van der Waals surface area (Å²) in [4.78, 5) is 38.5. The van der Waals surface area contributed by atoms with Crippen LogP contribution < -0.4 is 14.8 Å². The molecule has 174 valence electrons. The van der Waals surface area contributed by atoms with Crippen molar-refractivity contribution in [2.75, 3.05) is 18.5 Å². The number of nitrogens with zero attached hydrogens (tertiary/aromatic N) is 1. The van der Waals surface area contributed by atoms with E-state index in [2.05, 4.69) is 10.1 Å². The molecule has 3 rings (SSSR count). The Morgan fingerprint density at radius 3 is 2.64 bits per heavy atom. The molecule has 0 aromatic heterocycles. The number of imide groups is 1. The molecular formula is C23H22F2N2O5S. The highest BCUT2D eigenvalue weighted by Crippen LogP contribution is 2.35. The molecule has 7 nitrogen and oxygen atoms in total. The second-order valence-corrected chi connectivity index (χ2v) is 8.07. The summed E-state index contributed by atoms with van der Waals surface area (Å²) in [6.45, 7) is 2.24. The lowest BCUT2D eigenvalue weighted by molar-refractivity contribution is -0.127. The fourth-order valence-electron chi connectivity index (χ4n) is 3.08. The summed E-state index contributed by atoms with van der Waals surface area (Å²) < 4.78 is 34.9. The lowest BCUT2D eigenvalue weighted by Gasteiger charge is -2.14. The van der Waals surface area contributed by atoms with Gasteiger partial charge >= 0.3 is 6.61 Å². The van der Waals surface area contributed by atoms with Crippen molar-refractivity contribution in [3.63, 3.8) is 0 Å². The van der Waals surface area contributed by atoms with Crippen molar-refractivity contribution < 1.29 is 32.6 Å². The first kappa shape index (κ1) is 24.2. The van der Waals surface area contributed by atoms with Crippen molar-refractivity contribution >= 4 is 40.6 Å². The van der Waals surface area contributed by atoms with E-state index < -0.39 is 30.2 Å². The maximum absolute atomic E-state index is 12.7. The molecule has 33 heavy (non-hydrogen) atoms. The first-order valence-electron chi connectivity index (χ1n) is 10.0. The molecule has 0 atom stereocenters. The number of ether oxygens (including phenoxy) is 2. The molecule has 1 aliphatic heterocycles. The Bertz CT molecular complexity index is 1120. The molecule has 0 bridgehead atoms. The minimum absolute atomic E-state index is 0.0821. The van der Waals surface area contributed by atoms with Crippen LogP contribution in [0, 0.1) is 13.8 Å². The van der Waals surface area contributed by atoms with E-state index in [-0.39, 0.29) is 23.0 Å². The van der Waals surface area contributed by atoms with Gasteiger partial charge in [0.05, 0.1) is 11.5 Å². The van der Waals surface area contributed by atoms with Crippen LogP contribution in [0.3, 0.4) is 0 Å². The number of hydrogen-bond donors (Lipinski definition) is 1. The summed E-state index contributed by atoms with van der Waals surface area (Å²) in [6, 6.07) is 9.64. The maximum Gasteiger partial charge on any atom is 0.387 e. The van der Waals surface area contributed by atoms with Crippen LogP contribution in [0.4, 0.5) is 19.3 Å². The number of aryl methyl sites for hydroxylation is 1. The lowest BCUT2D eigenvalue weighted by Crippen LogP contribution is -2.36. The standard InChI is InChI=1S/C23H22F2N2O5S/c1-4-31-18-10-15(8-9-17(18)32-22(24)25)11-19-21(29)27(23(30)33-19)12-20(28)26-16-7-5-6-13(2)14(16)3/h5-11,22H,4,12H2,1-3H3,(H,26,28)/b19-11-. The van der Waals surface area contributed by atoms with Crippen LogP contribution in [0.25, 0.3) is 6.08 Å². The van der Waals surface area contributed by atoms with E-state index in [1.165, 1.54) is 24.3 Å². The zero-order valence-electron chi connectivity index (χ0n) is 18.2. The number of halogens is 2. The summed E-state index contributed by atoms with van der Waals surface area (Å²) in [5, 5.41) is 2.14. The summed E-state index contributed by atoms with van der Waals surface area (Å²) >= 11 is 0.691. The van der Waals surface area contributed by atoms with E-state index in [1.807, 2.05) is 19.9 Å². The molecule has 1 heterocycles. The SMILES string of the molecule is CCOc1cc(/C=C2\SC(=O)N(CC(=O)Nc3cccc(C)c3C)C2=O)ccc1OC(F)F. The number of carbonyl (C=O) groups excluding carboxylic acids is 3. The zero-order chi connectivity index (χ0) is 24.1. The van der Waals surface area contributed by atoms with Gasteiger partial charge < -0.3 is 14.8 Å². The summed E-state index contributed by atoms with van der Waals surface area (Å²) in [5.41, 5.74) is 2.95. The van der Waals surface area contributed by atoms with E-state index in [0.29, 0.717) is 23.0 Å². The third-order valence-electron chi connectivity index (χ3n) is 4.84. The molecule has 1 aliphatic rings. The van der Waals surface area contributed by atoms with Gasteiger partial charge in [0, 0.05) is 5.69 Å². The van der Waals surface area contributed by atoms with Crippen molar-refractivity contribution in [3.8, 4) is 11.5 Å². The number of anilines is 1. The van der Waals surface area contributed by atoms with Crippen LogP contribution in [0.5, 0.6) is 11.5 Å². The molecule has 2 aromatic rings. The summed E-state index contributed by atoms with van der Waals surface area (Å²) in [7, 11) is 0. The fourth-order valence-corrected chi connectivity index (χ4v) is 3.92. The van der Waals surface area contributed by atoms with Gasteiger partial charge in [-0.25, -0.2) is 0 Å². The van der Waals surface area contributed by atoms with Crippen molar-refractivity contribution in [3.05, 3.63) is 58.0 Å². The summed E-state index contributed by atoms with van der Waals surface area (Å²) in [5.74, 6) is -1.18. The maximum atomic E-state index is 12.7. The van der Waals surface area contributed by atoms with Crippen LogP contribution in [-0.2, 0) is 9.59 Å². The average Bonchev–Trinajstić information content (AvgIpc) is 3.00. The van der Waals surface area contributed by atoms with Gasteiger partial charge in [0.15, 0.2) is 11.5 Å². The summed E-state index contributed by atoms with van der Waals surface area (Å²) in [6.07, 6.45) is 1.43. The van der Waals surface area contributed by atoms with Gasteiger partial charge in [-0.3, -0.25) is 19.3 Å². The molecular weight excluding hydrogens is 454 g/mol. The first-order valence-corrected chi connectivity index (χ1v) is 10.8. The lowest BCUT2D eigenvalue weighted by atomic mass is 10.1. The van der Waals surface area contributed by atoms with Gasteiger partial charge in [-0.2, -0.15) is 8.78 Å². The van der Waals surface area contributed by atoms with E-state index >= 15 is 0 Å². The number of alkyl halides is 2. The third-order valence-corrected chi connectivity index (χ3v) is 5.74. The smallest absolute Gasteiger partial charge is 0.387 e. The van der Waals surface area contributed by atoms with Crippen molar-refractivity contribution in [1.82, 2.24) is 4.90 Å². The van der Waals surface area contributed by atoms with Gasteiger partial charge in [0.1, 0.15) is 6.54 Å². The largest absolute Gasteiger partial charge is 0.490 e. The molecule has 1 fully saturated rings. The van der Waals surface area contributed by atoms with Crippen LogP contribution >= 0.6 is 11.8 Å². The van der Waals surface area contributed by atoms with Crippen molar-refractivity contribution in [2.24, 2.45) is 0 Å². The number of amides is 3. The Kier molecular flexibility index (Phi) is 7.70. The predicted molar refractivity (Wildman–Crippen MR) is 121 cm³/mol. The molecule has 2 aromatic carbocycles. The Morgan fingerprint density at radius 1 is 1.18 bits per heavy atom. The topological polar surface area (TPSA) is 84.9 Å². The second kappa shape index (κ2) is 10.5. The average molecular weight is 477 g/mol. The van der Waals surface area contributed by atoms with Gasteiger partial charge in [0.25, 0.3) is 11.1 Å². The molecule has 0 aliphatic carbocycles. The van der Waals surface area contributed by atoms with Crippen LogP contribution in [0.2, 0.25) is 0 Å². The van der Waals surface area contributed by atoms with Gasteiger partial charge in [-0.15, -0.1) is 0 Å². The normalized spacial score (nSPS) is 14.8. The van der Waals surface area contributed by atoms with Gasteiger partial charge in [-0.1, -0.05) is 18.2 Å². The van der Waals surface area contributed by atoms with E-state index in [0.717, 1.165) is 16.0 Å². The third kappa shape index (κ3) is 5.89. The molecule has 0 unspecified atom stereocenters. The number of nitrogens with one attached hydrogen (secondary N) is 1. The Balaban J connectivity index is 1.74. The van der Waals surface area contributed by atoms with Gasteiger partial charge in [0.2, 0.25) is 5.91 Å². The highest BCUT2D eigenvalue weighted by Gasteiger charge is 2.36. The number of rotatable bonds is 8. The molecule has 0 saturated carbocycles. The number of thioether (sulfide) groups is 1. The predicted octanol–water partition coefficient (Wildman–Crippen LogP) is 4.98. The zero-order valence-corrected chi connectivity index (χ0v) is 19.0.